The Bertz CT molecular complexity index is 159. The van der Waals surface area contributed by atoms with Gasteiger partial charge in [-0.15, -0.1) is 0 Å². The van der Waals surface area contributed by atoms with Crippen LogP contribution in [0.1, 0.15) is 12.8 Å². The first kappa shape index (κ1) is 5.52. The van der Waals surface area contributed by atoms with Gasteiger partial charge in [0, 0.05) is 6.42 Å². The fourth-order valence-corrected chi connectivity index (χ4v) is 1.85. The number of rotatable bonds is 0. The molecule has 56 valence electrons. The number of ether oxygens (including phenoxy) is 3. The first-order valence-electron chi connectivity index (χ1n) is 3.86. The van der Waals surface area contributed by atoms with E-state index in [-0.39, 0.29) is 6.29 Å². The van der Waals surface area contributed by atoms with E-state index in [4.69, 9.17) is 14.2 Å². The van der Waals surface area contributed by atoms with Crippen LogP contribution in [0.25, 0.3) is 0 Å². The molecule has 0 radical (unpaired) electrons. The second-order valence-corrected chi connectivity index (χ2v) is 3.14. The Balaban J connectivity index is 1.82. The molecule has 3 aliphatic rings. The molecular formula is C7H10O3. The third-order valence-electron chi connectivity index (χ3n) is 2.45. The summed E-state index contributed by atoms with van der Waals surface area (Å²) in [5.74, 6) is 0. The smallest absolute Gasteiger partial charge is 0.160 e. The van der Waals surface area contributed by atoms with Crippen molar-refractivity contribution in [3.63, 3.8) is 0 Å². The lowest BCUT2D eigenvalue weighted by Crippen LogP contribution is -2.40. The predicted octanol–water partition coefficient (Wildman–Crippen LogP) is 0.289. The molecular weight excluding hydrogens is 132 g/mol. The molecule has 3 saturated heterocycles. The fraction of sp³-hybridized carbons (Fsp3) is 1.00. The number of fused-ring (bicyclic) bond motifs is 4. The van der Waals surface area contributed by atoms with Crippen molar-refractivity contribution in [1.82, 2.24) is 0 Å². The van der Waals surface area contributed by atoms with E-state index in [9.17, 15) is 0 Å². The van der Waals surface area contributed by atoms with E-state index in [2.05, 4.69) is 0 Å². The van der Waals surface area contributed by atoms with Gasteiger partial charge < -0.3 is 14.2 Å². The number of hydrogen-bond acceptors (Lipinski definition) is 3. The highest BCUT2D eigenvalue weighted by molar-refractivity contribution is 4.97. The van der Waals surface area contributed by atoms with Crippen LogP contribution in [0.15, 0.2) is 0 Å². The summed E-state index contributed by atoms with van der Waals surface area (Å²) in [4.78, 5) is 0. The number of hydrogen-bond donors (Lipinski definition) is 0. The Morgan fingerprint density at radius 1 is 1.10 bits per heavy atom. The van der Waals surface area contributed by atoms with Crippen molar-refractivity contribution >= 4 is 0 Å². The van der Waals surface area contributed by atoms with E-state index in [1.54, 1.807) is 0 Å². The minimum atomic E-state index is 0.0440. The lowest BCUT2D eigenvalue weighted by molar-refractivity contribution is -0.225. The molecule has 0 aromatic rings. The lowest BCUT2D eigenvalue weighted by Gasteiger charge is -2.32. The normalized spacial score (nSPS) is 57.6. The Hall–Kier alpha value is -0.120. The van der Waals surface area contributed by atoms with Crippen LogP contribution in [0, 0.1) is 0 Å². The zero-order chi connectivity index (χ0) is 6.55. The molecule has 0 amide bonds. The molecule has 0 aromatic carbocycles. The average molecular weight is 142 g/mol. The molecule has 3 aliphatic heterocycles. The van der Waals surface area contributed by atoms with Crippen LogP contribution < -0.4 is 0 Å². The largest absolute Gasteiger partial charge is 0.367 e. The highest BCUT2D eigenvalue weighted by Gasteiger charge is 2.53. The first-order valence-corrected chi connectivity index (χ1v) is 3.86. The van der Waals surface area contributed by atoms with Gasteiger partial charge in [0.25, 0.3) is 0 Å². The predicted molar refractivity (Wildman–Crippen MR) is 32.5 cm³/mol. The van der Waals surface area contributed by atoms with Crippen molar-refractivity contribution in [2.75, 3.05) is 6.61 Å². The van der Waals surface area contributed by atoms with E-state index in [1.165, 1.54) is 0 Å². The van der Waals surface area contributed by atoms with Crippen molar-refractivity contribution in [2.24, 2.45) is 0 Å². The van der Waals surface area contributed by atoms with E-state index in [0.717, 1.165) is 19.4 Å². The maximum absolute atomic E-state index is 5.53. The third-order valence-corrected chi connectivity index (χ3v) is 2.45. The molecule has 0 unspecified atom stereocenters. The van der Waals surface area contributed by atoms with E-state index >= 15 is 0 Å². The molecule has 4 atom stereocenters. The second kappa shape index (κ2) is 1.72. The van der Waals surface area contributed by atoms with Crippen molar-refractivity contribution < 1.29 is 14.2 Å². The van der Waals surface area contributed by atoms with Crippen LogP contribution in [0.3, 0.4) is 0 Å². The van der Waals surface area contributed by atoms with Crippen LogP contribution in [0.2, 0.25) is 0 Å². The van der Waals surface area contributed by atoms with Crippen LogP contribution in [0.5, 0.6) is 0 Å². The second-order valence-electron chi connectivity index (χ2n) is 3.14. The quantitative estimate of drug-likeness (QED) is 0.455. The van der Waals surface area contributed by atoms with Gasteiger partial charge >= 0.3 is 0 Å². The summed E-state index contributed by atoms with van der Waals surface area (Å²) in [7, 11) is 0. The molecule has 0 aromatic heterocycles. The summed E-state index contributed by atoms with van der Waals surface area (Å²) in [6.45, 7) is 0.849. The Morgan fingerprint density at radius 3 is 3.10 bits per heavy atom. The SMILES string of the molecule is C1C[C@@H]2O[C@@H](C[C@H]3O[C@H]23)O1. The molecule has 0 spiro atoms. The van der Waals surface area contributed by atoms with E-state index < -0.39 is 0 Å². The van der Waals surface area contributed by atoms with Crippen molar-refractivity contribution in [3.05, 3.63) is 0 Å². The summed E-state index contributed by atoms with van der Waals surface area (Å²) in [6, 6.07) is 0. The maximum Gasteiger partial charge on any atom is 0.160 e. The molecule has 3 heteroatoms. The highest BCUT2D eigenvalue weighted by Crippen LogP contribution is 2.40. The van der Waals surface area contributed by atoms with Crippen molar-refractivity contribution in [1.29, 1.82) is 0 Å². The van der Waals surface area contributed by atoms with Gasteiger partial charge in [-0.25, -0.2) is 0 Å². The van der Waals surface area contributed by atoms with Crippen LogP contribution in [-0.4, -0.2) is 31.2 Å². The summed E-state index contributed by atoms with van der Waals surface area (Å²) in [5.41, 5.74) is 0. The van der Waals surface area contributed by atoms with Crippen molar-refractivity contribution in [3.8, 4) is 0 Å². The van der Waals surface area contributed by atoms with E-state index in [1.807, 2.05) is 0 Å². The zero-order valence-electron chi connectivity index (χ0n) is 5.66. The van der Waals surface area contributed by atoms with Crippen molar-refractivity contribution in [2.45, 2.75) is 37.4 Å². The molecule has 0 saturated carbocycles. The Kier molecular flexibility index (Phi) is 0.952. The zero-order valence-corrected chi connectivity index (χ0v) is 5.66. The first-order chi connectivity index (χ1) is 4.93. The lowest BCUT2D eigenvalue weighted by atomic mass is 10.0. The standard InChI is InChI=1S/C7H10O3/c1-2-8-6-3-5-7(10-5)4(1)9-6/h4-7H,1-3H2/t4-,5+,6-,7+/m0/s1. The summed E-state index contributed by atoms with van der Waals surface area (Å²) < 4.78 is 16.3. The molecule has 0 N–H and O–H groups in total. The van der Waals surface area contributed by atoms with Gasteiger partial charge in [0.2, 0.25) is 0 Å². The van der Waals surface area contributed by atoms with Gasteiger partial charge in [0.1, 0.15) is 6.10 Å². The van der Waals surface area contributed by atoms with Gasteiger partial charge in [0.15, 0.2) is 6.29 Å². The van der Waals surface area contributed by atoms with Gasteiger partial charge in [-0.05, 0) is 6.42 Å². The maximum atomic E-state index is 5.53. The summed E-state index contributed by atoms with van der Waals surface area (Å²) in [5, 5.41) is 0. The minimum absolute atomic E-state index is 0.0440. The topological polar surface area (TPSA) is 31.0 Å². The molecule has 3 heterocycles. The summed E-state index contributed by atoms with van der Waals surface area (Å²) in [6.07, 6.45) is 3.22. The minimum Gasteiger partial charge on any atom is -0.367 e. The summed E-state index contributed by atoms with van der Waals surface area (Å²) >= 11 is 0. The average Bonchev–Trinajstić information content (AvgIpc) is 2.68. The van der Waals surface area contributed by atoms with Gasteiger partial charge in [-0.1, -0.05) is 0 Å². The van der Waals surface area contributed by atoms with E-state index in [0.29, 0.717) is 18.3 Å². The van der Waals surface area contributed by atoms with Gasteiger partial charge in [-0.3, -0.25) is 0 Å². The fourth-order valence-electron chi connectivity index (χ4n) is 1.85. The Morgan fingerprint density at radius 2 is 2.10 bits per heavy atom. The molecule has 10 heavy (non-hydrogen) atoms. The van der Waals surface area contributed by atoms with Gasteiger partial charge in [0.05, 0.1) is 18.8 Å². The Labute approximate surface area is 59.3 Å². The highest BCUT2D eigenvalue weighted by atomic mass is 16.7. The molecule has 3 rings (SSSR count). The van der Waals surface area contributed by atoms with Crippen LogP contribution in [-0.2, 0) is 14.2 Å². The van der Waals surface area contributed by atoms with Crippen LogP contribution in [0.4, 0.5) is 0 Å². The van der Waals surface area contributed by atoms with Crippen LogP contribution >= 0.6 is 0 Å². The number of epoxide rings is 1. The van der Waals surface area contributed by atoms with Gasteiger partial charge in [-0.2, -0.15) is 0 Å². The molecule has 3 fully saturated rings. The molecule has 2 bridgehead atoms. The molecule has 3 nitrogen and oxygen atoms in total. The third kappa shape index (κ3) is 0.654. The monoisotopic (exact) mass is 142 g/mol. The molecule has 0 aliphatic carbocycles.